The Morgan fingerprint density at radius 2 is 2.05 bits per heavy atom. The lowest BCUT2D eigenvalue weighted by Gasteiger charge is -2.15. The van der Waals surface area contributed by atoms with Crippen LogP contribution in [0.4, 0.5) is 0 Å². The van der Waals surface area contributed by atoms with E-state index in [0.29, 0.717) is 0 Å². The highest BCUT2D eigenvalue weighted by Crippen LogP contribution is 2.27. The standard InChI is InChI=1S/C15H18N2O2/c1-9-5-13-12(10(2)7-17-15(13)18)6-14(9)19-11-3-4-16-8-11/h5-7,11,16H,3-4,8H2,1-2H3,(H,17,18)/t11-/m1/s1. The molecule has 2 N–H and O–H groups in total. The van der Waals surface area contributed by atoms with Crippen molar-refractivity contribution in [2.45, 2.75) is 26.4 Å². The zero-order chi connectivity index (χ0) is 13.4. The lowest BCUT2D eigenvalue weighted by molar-refractivity contribution is 0.222. The van der Waals surface area contributed by atoms with Crippen LogP contribution in [0.5, 0.6) is 5.75 Å². The summed E-state index contributed by atoms with van der Waals surface area (Å²) >= 11 is 0. The third-order valence-electron chi connectivity index (χ3n) is 3.71. The van der Waals surface area contributed by atoms with Crippen LogP contribution in [0, 0.1) is 13.8 Å². The average Bonchev–Trinajstić information content (AvgIpc) is 2.89. The van der Waals surface area contributed by atoms with E-state index < -0.39 is 0 Å². The third-order valence-corrected chi connectivity index (χ3v) is 3.71. The van der Waals surface area contributed by atoms with Crippen molar-refractivity contribution >= 4 is 10.8 Å². The minimum atomic E-state index is -0.0437. The van der Waals surface area contributed by atoms with E-state index in [1.807, 2.05) is 26.0 Å². The van der Waals surface area contributed by atoms with Gasteiger partial charge in [0.2, 0.25) is 0 Å². The van der Waals surface area contributed by atoms with E-state index in [1.54, 1.807) is 6.20 Å². The molecule has 2 aromatic rings. The fraction of sp³-hybridized carbons (Fsp3) is 0.400. The highest BCUT2D eigenvalue weighted by atomic mass is 16.5. The Bertz CT molecular complexity index is 670. The maximum Gasteiger partial charge on any atom is 0.255 e. The van der Waals surface area contributed by atoms with Gasteiger partial charge in [0.25, 0.3) is 5.56 Å². The first-order valence-corrected chi connectivity index (χ1v) is 6.65. The fourth-order valence-electron chi connectivity index (χ4n) is 2.57. The van der Waals surface area contributed by atoms with Crippen molar-refractivity contribution in [1.29, 1.82) is 0 Å². The van der Waals surface area contributed by atoms with Crippen LogP contribution in [-0.4, -0.2) is 24.2 Å². The Morgan fingerprint density at radius 3 is 2.79 bits per heavy atom. The van der Waals surface area contributed by atoms with Gasteiger partial charge in [-0.3, -0.25) is 4.79 Å². The number of nitrogens with one attached hydrogen (secondary N) is 2. The highest BCUT2D eigenvalue weighted by Gasteiger charge is 2.17. The molecular formula is C15H18N2O2. The molecule has 1 aromatic heterocycles. The second-order valence-corrected chi connectivity index (χ2v) is 5.20. The molecule has 0 radical (unpaired) electrons. The monoisotopic (exact) mass is 258 g/mol. The summed E-state index contributed by atoms with van der Waals surface area (Å²) in [6.07, 6.45) is 3.02. The molecule has 1 fully saturated rings. The second-order valence-electron chi connectivity index (χ2n) is 5.20. The Morgan fingerprint density at radius 1 is 1.21 bits per heavy atom. The molecule has 0 bridgehead atoms. The van der Waals surface area contributed by atoms with Gasteiger partial charge in [0.05, 0.1) is 0 Å². The van der Waals surface area contributed by atoms with Crippen molar-refractivity contribution in [2.24, 2.45) is 0 Å². The molecule has 100 valence electrons. The third kappa shape index (κ3) is 2.24. The van der Waals surface area contributed by atoms with Crippen molar-refractivity contribution in [2.75, 3.05) is 13.1 Å². The van der Waals surface area contributed by atoms with Gasteiger partial charge >= 0.3 is 0 Å². The number of aromatic nitrogens is 1. The molecule has 4 heteroatoms. The molecule has 2 heterocycles. The van der Waals surface area contributed by atoms with Gasteiger partial charge in [0, 0.05) is 18.1 Å². The van der Waals surface area contributed by atoms with E-state index in [4.69, 9.17) is 4.74 Å². The number of benzene rings is 1. The van der Waals surface area contributed by atoms with E-state index >= 15 is 0 Å². The Labute approximate surface area is 111 Å². The van der Waals surface area contributed by atoms with Crippen molar-refractivity contribution in [3.05, 3.63) is 39.8 Å². The molecule has 0 unspecified atom stereocenters. The molecule has 1 aromatic carbocycles. The van der Waals surface area contributed by atoms with Crippen LogP contribution in [0.15, 0.2) is 23.1 Å². The van der Waals surface area contributed by atoms with Crippen molar-refractivity contribution in [3.63, 3.8) is 0 Å². The maximum absolute atomic E-state index is 11.8. The minimum Gasteiger partial charge on any atom is -0.489 e. The molecule has 0 spiro atoms. The van der Waals surface area contributed by atoms with Crippen LogP contribution in [0.1, 0.15) is 17.5 Å². The molecule has 0 aliphatic carbocycles. The van der Waals surface area contributed by atoms with Crippen LogP contribution in [-0.2, 0) is 0 Å². The van der Waals surface area contributed by atoms with Crippen LogP contribution in [0.3, 0.4) is 0 Å². The summed E-state index contributed by atoms with van der Waals surface area (Å²) in [5, 5.41) is 4.99. The van der Waals surface area contributed by atoms with E-state index in [9.17, 15) is 4.79 Å². The first-order chi connectivity index (χ1) is 9.15. The van der Waals surface area contributed by atoms with Crippen LogP contribution in [0.2, 0.25) is 0 Å². The molecule has 1 saturated heterocycles. The molecule has 0 saturated carbocycles. The summed E-state index contributed by atoms with van der Waals surface area (Å²) in [5.41, 5.74) is 2.03. The summed E-state index contributed by atoms with van der Waals surface area (Å²) < 4.78 is 6.03. The van der Waals surface area contributed by atoms with Crippen molar-refractivity contribution < 1.29 is 4.74 Å². The summed E-state index contributed by atoms with van der Waals surface area (Å²) in [6.45, 7) is 5.88. The highest BCUT2D eigenvalue weighted by molar-refractivity contribution is 5.86. The lowest BCUT2D eigenvalue weighted by Crippen LogP contribution is -2.20. The van der Waals surface area contributed by atoms with Gasteiger partial charge in [0.15, 0.2) is 0 Å². The SMILES string of the molecule is Cc1cc2c(=O)[nH]cc(C)c2cc1O[C@@H]1CCNC1. The Balaban J connectivity index is 2.07. The number of hydrogen-bond donors (Lipinski definition) is 2. The lowest BCUT2D eigenvalue weighted by atomic mass is 10.1. The quantitative estimate of drug-likeness (QED) is 0.865. The number of aryl methyl sites for hydroxylation is 2. The second kappa shape index (κ2) is 4.70. The number of rotatable bonds is 2. The summed E-state index contributed by atoms with van der Waals surface area (Å²) in [4.78, 5) is 14.6. The van der Waals surface area contributed by atoms with Crippen molar-refractivity contribution in [3.8, 4) is 5.75 Å². The number of H-pyrrole nitrogens is 1. The minimum absolute atomic E-state index is 0.0437. The van der Waals surface area contributed by atoms with Gasteiger partial charge < -0.3 is 15.0 Å². The van der Waals surface area contributed by atoms with Gasteiger partial charge in [-0.2, -0.15) is 0 Å². The Hall–Kier alpha value is -1.81. The van der Waals surface area contributed by atoms with Gasteiger partial charge in [-0.1, -0.05) is 0 Å². The summed E-state index contributed by atoms with van der Waals surface area (Å²) in [5.74, 6) is 0.884. The fourth-order valence-corrected chi connectivity index (χ4v) is 2.57. The van der Waals surface area contributed by atoms with Crippen LogP contribution >= 0.6 is 0 Å². The molecule has 0 amide bonds. The normalized spacial score (nSPS) is 18.9. The van der Waals surface area contributed by atoms with Gasteiger partial charge in [-0.05, 0) is 55.5 Å². The predicted molar refractivity (Wildman–Crippen MR) is 75.9 cm³/mol. The largest absolute Gasteiger partial charge is 0.489 e. The van der Waals surface area contributed by atoms with Crippen LogP contribution in [0.25, 0.3) is 10.8 Å². The molecule has 3 rings (SSSR count). The van der Waals surface area contributed by atoms with E-state index in [-0.39, 0.29) is 11.7 Å². The van der Waals surface area contributed by atoms with E-state index in [2.05, 4.69) is 10.3 Å². The molecule has 1 aliphatic heterocycles. The zero-order valence-electron chi connectivity index (χ0n) is 11.2. The summed E-state index contributed by atoms with van der Waals surface area (Å²) in [6, 6.07) is 3.91. The molecule has 1 aliphatic rings. The number of ether oxygens (including phenoxy) is 1. The first kappa shape index (κ1) is 12.2. The van der Waals surface area contributed by atoms with E-state index in [0.717, 1.165) is 47.2 Å². The molecule has 19 heavy (non-hydrogen) atoms. The van der Waals surface area contributed by atoms with Gasteiger partial charge in [-0.15, -0.1) is 0 Å². The Kier molecular flexibility index (Phi) is 3.03. The maximum atomic E-state index is 11.8. The van der Waals surface area contributed by atoms with E-state index in [1.165, 1.54) is 0 Å². The summed E-state index contributed by atoms with van der Waals surface area (Å²) in [7, 11) is 0. The van der Waals surface area contributed by atoms with Gasteiger partial charge in [-0.25, -0.2) is 0 Å². The molecular weight excluding hydrogens is 240 g/mol. The van der Waals surface area contributed by atoms with Crippen molar-refractivity contribution in [1.82, 2.24) is 10.3 Å². The molecule has 1 atom stereocenters. The van der Waals surface area contributed by atoms with Gasteiger partial charge in [0.1, 0.15) is 11.9 Å². The average molecular weight is 258 g/mol. The van der Waals surface area contributed by atoms with Crippen LogP contribution < -0.4 is 15.6 Å². The number of pyridine rings is 1. The molecule has 4 nitrogen and oxygen atoms in total. The zero-order valence-corrected chi connectivity index (χ0v) is 11.2. The first-order valence-electron chi connectivity index (χ1n) is 6.65. The topological polar surface area (TPSA) is 54.1 Å². The predicted octanol–water partition coefficient (Wildman–Crippen LogP) is 1.89. The smallest absolute Gasteiger partial charge is 0.255 e. The number of aromatic amines is 1. The number of fused-ring (bicyclic) bond motifs is 1. The number of hydrogen-bond acceptors (Lipinski definition) is 3.